The van der Waals surface area contributed by atoms with E-state index in [2.05, 4.69) is 4.98 Å². The summed E-state index contributed by atoms with van der Waals surface area (Å²) < 4.78 is 38.5. The highest BCUT2D eigenvalue weighted by atomic mass is 19.4. The molecule has 1 aromatic heterocycles. The number of alkyl halides is 3. The Labute approximate surface area is 102 Å². The van der Waals surface area contributed by atoms with Crippen LogP contribution in [0.1, 0.15) is 11.3 Å². The predicted octanol–water partition coefficient (Wildman–Crippen LogP) is 3.26. The predicted molar refractivity (Wildman–Crippen MR) is 60.6 cm³/mol. The van der Waals surface area contributed by atoms with Crippen LogP contribution >= 0.6 is 0 Å². The van der Waals surface area contributed by atoms with Gasteiger partial charge in [0.25, 0.3) is 0 Å². The number of hydrogen-bond donors (Lipinski definition) is 1. The fourth-order valence-electron chi connectivity index (χ4n) is 1.67. The topological polar surface area (TPSA) is 33.1 Å². The summed E-state index contributed by atoms with van der Waals surface area (Å²) in [7, 11) is 0. The van der Waals surface area contributed by atoms with Crippen molar-refractivity contribution in [3.63, 3.8) is 0 Å². The Hall–Kier alpha value is -1.88. The summed E-state index contributed by atoms with van der Waals surface area (Å²) in [5.74, 6) is 0. The molecule has 5 heteroatoms. The first-order valence-electron chi connectivity index (χ1n) is 5.26. The van der Waals surface area contributed by atoms with E-state index in [4.69, 9.17) is 5.11 Å². The Balaban J connectivity index is 2.57. The summed E-state index contributed by atoms with van der Waals surface area (Å²) in [4.78, 5) is 3.99. The molecule has 0 aliphatic heterocycles. The Bertz CT molecular complexity index is 552. The second-order valence-electron chi connectivity index (χ2n) is 3.72. The molecule has 0 atom stereocenters. The average molecular weight is 253 g/mol. The second-order valence-corrected chi connectivity index (χ2v) is 3.72. The van der Waals surface area contributed by atoms with E-state index in [1.807, 2.05) is 0 Å². The van der Waals surface area contributed by atoms with Crippen LogP contribution in [-0.4, -0.2) is 10.1 Å². The molecule has 0 bridgehead atoms. The number of aliphatic hydroxyl groups is 1. The zero-order valence-electron chi connectivity index (χ0n) is 9.28. The number of halogens is 3. The minimum atomic E-state index is -4.42. The number of benzene rings is 1. The van der Waals surface area contributed by atoms with Crippen molar-refractivity contribution in [3.8, 4) is 11.3 Å². The molecule has 0 amide bonds. The van der Waals surface area contributed by atoms with E-state index in [0.29, 0.717) is 5.69 Å². The number of hydrogen-bond acceptors (Lipinski definition) is 2. The Morgan fingerprint density at radius 1 is 1.00 bits per heavy atom. The van der Waals surface area contributed by atoms with Crippen LogP contribution in [0.25, 0.3) is 11.3 Å². The third-order valence-electron chi connectivity index (χ3n) is 2.48. The lowest BCUT2D eigenvalue weighted by Gasteiger charge is -2.12. The standard InChI is InChI=1S/C13H10F3NO/c14-13(15,16)11-6-2-1-5-10(11)12-7-3-4-9(8-18)17-12/h1-7,18H,8H2. The second kappa shape index (κ2) is 4.78. The molecule has 2 aromatic rings. The molecule has 2 nitrogen and oxygen atoms in total. The molecule has 1 heterocycles. The van der Waals surface area contributed by atoms with Crippen LogP contribution in [0.3, 0.4) is 0 Å². The molecule has 0 aliphatic rings. The number of aliphatic hydroxyl groups excluding tert-OH is 1. The molecule has 18 heavy (non-hydrogen) atoms. The molecule has 0 unspecified atom stereocenters. The van der Waals surface area contributed by atoms with Crippen LogP contribution in [-0.2, 0) is 12.8 Å². The fraction of sp³-hybridized carbons (Fsp3) is 0.154. The SMILES string of the molecule is OCc1cccc(-c2ccccc2C(F)(F)F)n1. The van der Waals surface area contributed by atoms with Crippen LogP contribution in [0.15, 0.2) is 42.5 Å². The van der Waals surface area contributed by atoms with Gasteiger partial charge in [0.05, 0.1) is 23.6 Å². The summed E-state index contributed by atoms with van der Waals surface area (Å²) in [6, 6.07) is 9.86. The van der Waals surface area contributed by atoms with E-state index in [1.54, 1.807) is 12.1 Å². The number of pyridine rings is 1. The monoisotopic (exact) mass is 253 g/mol. The molecule has 0 spiro atoms. The van der Waals surface area contributed by atoms with Gasteiger partial charge in [0.2, 0.25) is 0 Å². The normalized spacial score (nSPS) is 11.6. The van der Waals surface area contributed by atoms with E-state index in [1.165, 1.54) is 24.3 Å². The first kappa shape index (κ1) is 12.6. The van der Waals surface area contributed by atoms with E-state index >= 15 is 0 Å². The highest BCUT2D eigenvalue weighted by Gasteiger charge is 2.33. The lowest BCUT2D eigenvalue weighted by molar-refractivity contribution is -0.137. The average Bonchev–Trinajstić information content (AvgIpc) is 2.38. The minimum absolute atomic E-state index is 0.0142. The molecule has 0 fully saturated rings. The van der Waals surface area contributed by atoms with E-state index < -0.39 is 11.7 Å². The minimum Gasteiger partial charge on any atom is -0.390 e. The van der Waals surface area contributed by atoms with Crippen LogP contribution in [0.5, 0.6) is 0 Å². The highest BCUT2D eigenvalue weighted by molar-refractivity contribution is 5.64. The van der Waals surface area contributed by atoms with Gasteiger partial charge in [-0.25, -0.2) is 0 Å². The Morgan fingerprint density at radius 3 is 2.39 bits per heavy atom. The zero-order chi connectivity index (χ0) is 13.2. The molecule has 0 saturated carbocycles. The van der Waals surface area contributed by atoms with Gasteiger partial charge in [-0.05, 0) is 18.2 Å². The molecule has 0 saturated heterocycles. The van der Waals surface area contributed by atoms with Gasteiger partial charge in [0.15, 0.2) is 0 Å². The van der Waals surface area contributed by atoms with Crippen molar-refractivity contribution in [2.24, 2.45) is 0 Å². The van der Waals surface area contributed by atoms with Crippen molar-refractivity contribution in [3.05, 3.63) is 53.7 Å². The smallest absolute Gasteiger partial charge is 0.390 e. The van der Waals surface area contributed by atoms with Crippen LogP contribution in [0.4, 0.5) is 13.2 Å². The Morgan fingerprint density at radius 2 is 1.72 bits per heavy atom. The highest BCUT2D eigenvalue weighted by Crippen LogP contribution is 2.36. The van der Waals surface area contributed by atoms with Crippen LogP contribution in [0.2, 0.25) is 0 Å². The summed E-state index contributed by atoms with van der Waals surface area (Å²) >= 11 is 0. The molecule has 0 radical (unpaired) electrons. The van der Waals surface area contributed by atoms with E-state index in [0.717, 1.165) is 6.07 Å². The summed E-state index contributed by atoms with van der Waals surface area (Å²) in [6.45, 7) is -0.304. The van der Waals surface area contributed by atoms with Crippen molar-refractivity contribution in [2.45, 2.75) is 12.8 Å². The quantitative estimate of drug-likeness (QED) is 0.891. The first-order valence-corrected chi connectivity index (χ1v) is 5.26. The van der Waals surface area contributed by atoms with Crippen molar-refractivity contribution in [2.75, 3.05) is 0 Å². The molecular weight excluding hydrogens is 243 g/mol. The summed E-state index contributed by atoms with van der Waals surface area (Å²) in [6.07, 6.45) is -4.42. The maximum absolute atomic E-state index is 12.8. The first-order chi connectivity index (χ1) is 8.52. The number of nitrogens with zero attached hydrogens (tertiary/aromatic N) is 1. The van der Waals surface area contributed by atoms with Gasteiger partial charge in [-0.15, -0.1) is 0 Å². The number of aromatic nitrogens is 1. The maximum Gasteiger partial charge on any atom is 0.417 e. The third-order valence-corrected chi connectivity index (χ3v) is 2.48. The summed E-state index contributed by atoms with van der Waals surface area (Å²) in [5, 5.41) is 8.95. The number of rotatable bonds is 2. The molecule has 1 aromatic carbocycles. The lowest BCUT2D eigenvalue weighted by Crippen LogP contribution is -2.07. The van der Waals surface area contributed by atoms with Gasteiger partial charge in [-0.1, -0.05) is 24.3 Å². The Kier molecular flexibility index (Phi) is 3.34. The largest absolute Gasteiger partial charge is 0.417 e. The van der Waals surface area contributed by atoms with Crippen LogP contribution < -0.4 is 0 Å². The fourth-order valence-corrected chi connectivity index (χ4v) is 1.67. The molecule has 0 aliphatic carbocycles. The van der Waals surface area contributed by atoms with Gasteiger partial charge in [0.1, 0.15) is 0 Å². The van der Waals surface area contributed by atoms with Gasteiger partial charge in [-0.2, -0.15) is 13.2 Å². The van der Waals surface area contributed by atoms with Gasteiger partial charge < -0.3 is 5.11 Å². The third kappa shape index (κ3) is 2.51. The maximum atomic E-state index is 12.8. The zero-order valence-corrected chi connectivity index (χ0v) is 9.28. The van der Waals surface area contributed by atoms with E-state index in [9.17, 15) is 13.2 Å². The molecule has 1 N–H and O–H groups in total. The summed E-state index contributed by atoms with van der Waals surface area (Å²) in [5.41, 5.74) is -0.174. The van der Waals surface area contributed by atoms with Gasteiger partial charge in [0, 0.05) is 5.56 Å². The van der Waals surface area contributed by atoms with E-state index in [-0.39, 0.29) is 17.9 Å². The lowest BCUT2D eigenvalue weighted by atomic mass is 10.0. The van der Waals surface area contributed by atoms with Crippen molar-refractivity contribution in [1.29, 1.82) is 0 Å². The van der Waals surface area contributed by atoms with Crippen molar-refractivity contribution >= 4 is 0 Å². The molecule has 94 valence electrons. The van der Waals surface area contributed by atoms with Gasteiger partial charge in [-0.3, -0.25) is 4.98 Å². The van der Waals surface area contributed by atoms with Crippen molar-refractivity contribution in [1.82, 2.24) is 4.98 Å². The van der Waals surface area contributed by atoms with Crippen molar-refractivity contribution < 1.29 is 18.3 Å². The molecule has 2 rings (SSSR count). The molecular formula is C13H10F3NO. The van der Waals surface area contributed by atoms with Crippen LogP contribution in [0, 0.1) is 0 Å². The van der Waals surface area contributed by atoms with Gasteiger partial charge >= 0.3 is 6.18 Å².